The Morgan fingerprint density at radius 2 is 1.91 bits per heavy atom. The van der Waals surface area contributed by atoms with E-state index in [0.717, 1.165) is 16.8 Å². The Labute approximate surface area is 134 Å². The van der Waals surface area contributed by atoms with E-state index in [0.29, 0.717) is 0 Å². The van der Waals surface area contributed by atoms with Gasteiger partial charge in [-0.2, -0.15) is 0 Å². The van der Waals surface area contributed by atoms with E-state index < -0.39 is 5.91 Å². The number of anilines is 2. The van der Waals surface area contributed by atoms with E-state index in [1.165, 1.54) is 24.3 Å². The average Bonchev–Trinajstić information content (AvgIpc) is 2.51. The molecule has 23 heavy (non-hydrogen) atoms. The van der Waals surface area contributed by atoms with Crippen LogP contribution in [0.1, 0.15) is 21.6 Å². The molecule has 7 heteroatoms. The van der Waals surface area contributed by atoms with Gasteiger partial charge in [-0.3, -0.25) is 9.59 Å². The van der Waals surface area contributed by atoms with Crippen LogP contribution in [-0.2, 0) is 4.79 Å². The highest BCUT2D eigenvalue weighted by Gasteiger charge is 2.19. The predicted octanol–water partition coefficient (Wildman–Crippen LogP) is 1.39. The average molecular weight is 313 g/mol. The molecule has 120 valence electrons. The topological polar surface area (TPSA) is 101 Å². The number of hydrogen-bond acceptors (Lipinski definition) is 5. The van der Waals surface area contributed by atoms with Gasteiger partial charge in [-0.25, -0.2) is 9.97 Å². The Kier molecular flexibility index (Phi) is 4.90. The number of benzene rings is 1. The molecule has 7 nitrogen and oxygen atoms in total. The standard InChI is InChI=1S/C16H19N5O2/c1-10-5-4-6-12(11(10)2)20-13(22)9-21(3)16(23)14-15(17)19-8-7-18-14/h4-8H,9H2,1-3H3,(H2,17,19)(H,20,22). The molecule has 0 spiro atoms. The lowest BCUT2D eigenvalue weighted by atomic mass is 10.1. The fourth-order valence-electron chi connectivity index (χ4n) is 2.06. The van der Waals surface area contributed by atoms with Gasteiger partial charge in [0.25, 0.3) is 5.91 Å². The number of carbonyl (C=O) groups excluding carboxylic acids is 2. The van der Waals surface area contributed by atoms with Gasteiger partial charge in [-0.15, -0.1) is 0 Å². The molecule has 0 saturated heterocycles. The van der Waals surface area contributed by atoms with Crippen LogP contribution in [-0.4, -0.2) is 40.3 Å². The predicted molar refractivity (Wildman–Crippen MR) is 88.0 cm³/mol. The van der Waals surface area contributed by atoms with Crippen molar-refractivity contribution in [3.05, 3.63) is 47.4 Å². The molecule has 0 radical (unpaired) electrons. The van der Waals surface area contributed by atoms with E-state index >= 15 is 0 Å². The Morgan fingerprint density at radius 3 is 2.61 bits per heavy atom. The Morgan fingerprint density at radius 1 is 1.22 bits per heavy atom. The van der Waals surface area contributed by atoms with Gasteiger partial charge < -0.3 is 16.0 Å². The molecular weight excluding hydrogens is 294 g/mol. The Bertz CT molecular complexity index is 745. The van der Waals surface area contributed by atoms with Crippen LogP contribution in [0.15, 0.2) is 30.6 Å². The number of aromatic nitrogens is 2. The zero-order chi connectivity index (χ0) is 17.0. The van der Waals surface area contributed by atoms with E-state index in [1.807, 2.05) is 32.0 Å². The minimum atomic E-state index is -0.452. The van der Waals surface area contributed by atoms with Crippen LogP contribution >= 0.6 is 0 Å². The molecule has 2 amide bonds. The maximum absolute atomic E-state index is 12.2. The smallest absolute Gasteiger partial charge is 0.276 e. The van der Waals surface area contributed by atoms with Crippen molar-refractivity contribution in [1.82, 2.24) is 14.9 Å². The summed E-state index contributed by atoms with van der Waals surface area (Å²) in [6.45, 7) is 3.79. The zero-order valence-electron chi connectivity index (χ0n) is 13.3. The van der Waals surface area contributed by atoms with Crippen LogP contribution in [0.25, 0.3) is 0 Å². The van der Waals surface area contributed by atoms with E-state index in [1.54, 1.807) is 0 Å². The van der Waals surface area contributed by atoms with Crippen LogP contribution in [0.4, 0.5) is 11.5 Å². The lowest BCUT2D eigenvalue weighted by molar-refractivity contribution is -0.116. The number of nitrogens with zero attached hydrogens (tertiary/aromatic N) is 3. The number of rotatable bonds is 4. The molecule has 1 heterocycles. The van der Waals surface area contributed by atoms with Gasteiger partial charge >= 0.3 is 0 Å². The van der Waals surface area contributed by atoms with Crippen molar-refractivity contribution in [3.63, 3.8) is 0 Å². The van der Waals surface area contributed by atoms with Crippen molar-refractivity contribution in [2.45, 2.75) is 13.8 Å². The number of amides is 2. The number of likely N-dealkylation sites (N-methyl/N-ethyl adjacent to an activating group) is 1. The third kappa shape index (κ3) is 3.82. The Balaban J connectivity index is 2.04. The fraction of sp³-hybridized carbons (Fsp3) is 0.250. The fourth-order valence-corrected chi connectivity index (χ4v) is 2.06. The molecule has 2 aromatic rings. The molecule has 0 atom stereocenters. The van der Waals surface area contributed by atoms with Crippen molar-refractivity contribution in [2.24, 2.45) is 0 Å². The molecule has 0 saturated carbocycles. The number of carbonyl (C=O) groups is 2. The van der Waals surface area contributed by atoms with E-state index in [4.69, 9.17) is 5.73 Å². The van der Waals surface area contributed by atoms with Gasteiger partial charge in [-0.1, -0.05) is 12.1 Å². The Hall–Kier alpha value is -2.96. The lowest BCUT2D eigenvalue weighted by Crippen LogP contribution is -2.36. The first-order valence-electron chi connectivity index (χ1n) is 7.08. The highest BCUT2D eigenvalue weighted by atomic mass is 16.2. The summed E-state index contributed by atoms with van der Waals surface area (Å²) in [4.78, 5) is 33.3. The number of nitrogen functional groups attached to an aromatic ring is 1. The van der Waals surface area contributed by atoms with Crippen molar-refractivity contribution in [2.75, 3.05) is 24.6 Å². The second-order valence-corrected chi connectivity index (χ2v) is 5.25. The maximum Gasteiger partial charge on any atom is 0.276 e. The largest absolute Gasteiger partial charge is 0.382 e. The van der Waals surface area contributed by atoms with Gasteiger partial charge in [-0.05, 0) is 31.0 Å². The monoisotopic (exact) mass is 313 g/mol. The SMILES string of the molecule is Cc1cccc(NC(=O)CN(C)C(=O)c2nccnc2N)c1C. The molecule has 1 aromatic carbocycles. The molecule has 2 rings (SSSR count). The second kappa shape index (κ2) is 6.87. The molecule has 0 aliphatic rings. The summed E-state index contributed by atoms with van der Waals surface area (Å²) >= 11 is 0. The van der Waals surface area contributed by atoms with Gasteiger partial charge in [0.2, 0.25) is 5.91 Å². The van der Waals surface area contributed by atoms with E-state index in [2.05, 4.69) is 15.3 Å². The lowest BCUT2D eigenvalue weighted by Gasteiger charge is -2.17. The molecular formula is C16H19N5O2. The molecule has 3 N–H and O–H groups in total. The third-order valence-electron chi connectivity index (χ3n) is 3.54. The summed E-state index contributed by atoms with van der Waals surface area (Å²) in [5.74, 6) is -0.706. The van der Waals surface area contributed by atoms with Crippen molar-refractivity contribution >= 4 is 23.3 Å². The van der Waals surface area contributed by atoms with E-state index in [9.17, 15) is 9.59 Å². The second-order valence-electron chi connectivity index (χ2n) is 5.25. The minimum Gasteiger partial charge on any atom is -0.382 e. The van der Waals surface area contributed by atoms with Crippen molar-refractivity contribution < 1.29 is 9.59 Å². The highest BCUT2D eigenvalue weighted by Crippen LogP contribution is 2.17. The first-order chi connectivity index (χ1) is 10.9. The summed E-state index contributed by atoms with van der Waals surface area (Å²) in [6, 6.07) is 5.66. The summed E-state index contributed by atoms with van der Waals surface area (Å²) in [7, 11) is 1.51. The molecule has 1 aromatic heterocycles. The summed E-state index contributed by atoms with van der Waals surface area (Å²) in [5, 5.41) is 2.80. The molecule has 0 aliphatic heterocycles. The zero-order valence-corrected chi connectivity index (χ0v) is 13.3. The first kappa shape index (κ1) is 16.4. The normalized spacial score (nSPS) is 10.2. The minimum absolute atomic E-state index is 0.0366. The number of nitrogens with one attached hydrogen (secondary N) is 1. The maximum atomic E-state index is 12.2. The molecule has 0 unspecified atom stereocenters. The molecule has 0 aliphatic carbocycles. The van der Waals surface area contributed by atoms with Crippen molar-refractivity contribution in [3.8, 4) is 0 Å². The summed E-state index contributed by atoms with van der Waals surface area (Å²) in [5.41, 5.74) is 8.47. The number of aryl methyl sites for hydroxylation is 1. The van der Waals surface area contributed by atoms with Crippen molar-refractivity contribution in [1.29, 1.82) is 0 Å². The van der Waals surface area contributed by atoms with Crippen LogP contribution in [0.3, 0.4) is 0 Å². The van der Waals surface area contributed by atoms with E-state index in [-0.39, 0.29) is 24.0 Å². The van der Waals surface area contributed by atoms with Crippen LogP contribution in [0, 0.1) is 13.8 Å². The van der Waals surface area contributed by atoms with Crippen LogP contribution < -0.4 is 11.1 Å². The molecule has 0 fully saturated rings. The van der Waals surface area contributed by atoms with Gasteiger partial charge in [0.1, 0.15) is 0 Å². The first-order valence-corrected chi connectivity index (χ1v) is 7.08. The number of nitrogens with two attached hydrogens (primary N) is 1. The van der Waals surface area contributed by atoms with Gasteiger partial charge in [0.15, 0.2) is 11.5 Å². The van der Waals surface area contributed by atoms with Gasteiger partial charge in [0.05, 0.1) is 6.54 Å². The summed E-state index contributed by atoms with van der Waals surface area (Å²) in [6.07, 6.45) is 2.78. The molecule has 0 bridgehead atoms. The van der Waals surface area contributed by atoms with Gasteiger partial charge in [0, 0.05) is 25.1 Å². The quantitative estimate of drug-likeness (QED) is 0.888. The summed E-state index contributed by atoms with van der Waals surface area (Å²) < 4.78 is 0. The van der Waals surface area contributed by atoms with Crippen LogP contribution in [0.5, 0.6) is 0 Å². The van der Waals surface area contributed by atoms with Crippen LogP contribution in [0.2, 0.25) is 0 Å². The third-order valence-corrected chi connectivity index (χ3v) is 3.54. The highest BCUT2D eigenvalue weighted by molar-refractivity contribution is 6.00. The number of hydrogen-bond donors (Lipinski definition) is 2.